The molecule has 3 atom stereocenters. The van der Waals surface area contributed by atoms with Crippen molar-refractivity contribution in [3.8, 4) is 0 Å². The zero-order valence-corrected chi connectivity index (χ0v) is 18.5. The van der Waals surface area contributed by atoms with Crippen LogP contribution in [-0.4, -0.2) is 18.3 Å². The molecule has 5 rings (SSSR count). The van der Waals surface area contributed by atoms with Gasteiger partial charge in [0.15, 0.2) is 0 Å². The average molecular weight is 403 g/mol. The predicted molar refractivity (Wildman–Crippen MR) is 122 cm³/mol. The van der Waals surface area contributed by atoms with Crippen molar-refractivity contribution in [3.05, 3.63) is 68.9 Å². The first kappa shape index (κ1) is 19.9. The van der Waals surface area contributed by atoms with Crippen LogP contribution in [0.25, 0.3) is 11.8 Å². The fourth-order valence-corrected chi connectivity index (χ4v) is 5.90. The van der Waals surface area contributed by atoms with Crippen LogP contribution in [0.5, 0.6) is 0 Å². The van der Waals surface area contributed by atoms with Gasteiger partial charge < -0.3 is 9.47 Å². The lowest BCUT2D eigenvalue weighted by Gasteiger charge is -2.33. The number of rotatable bonds is 7. The van der Waals surface area contributed by atoms with Gasteiger partial charge in [-0.05, 0) is 73.4 Å². The van der Waals surface area contributed by atoms with E-state index in [4.69, 9.17) is 9.47 Å². The minimum atomic E-state index is -0.230. The second-order valence-corrected chi connectivity index (χ2v) is 9.37. The van der Waals surface area contributed by atoms with Crippen molar-refractivity contribution in [2.24, 2.45) is 5.92 Å². The largest absolute Gasteiger partial charge is 0.491 e. The van der Waals surface area contributed by atoms with Crippen LogP contribution in [0.4, 0.5) is 0 Å². The maximum absolute atomic E-state index is 6.89. The molecule has 3 aliphatic rings. The summed E-state index contributed by atoms with van der Waals surface area (Å²) < 4.78 is 13.5. The molecule has 1 saturated heterocycles. The Morgan fingerprint density at radius 2 is 2.03 bits per heavy atom. The van der Waals surface area contributed by atoms with Gasteiger partial charge in [-0.1, -0.05) is 62.2 Å². The van der Waals surface area contributed by atoms with E-state index in [9.17, 15) is 0 Å². The molecular weight excluding hydrogens is 368 g/mol. The van der Waals surface area contributed by atoms with Crippen LogP contribution < -0.4 is 10.4 Å². The Morgan fingerprint density at radius 1 is 1.13 bits per heavy atom. The van der Waals surface area contributed by atoms with Gasteiger partial charge in [0.2, 0.25) is 0 Å². The molecule has 1 saturated carbocycles. The van der Waals surface area contributed by atoms with Gasteiger partial charge in [-0.25, -0.2) is 0 Å². The summed E-state index contributed by atoms with van der Waals surface area (Å²) in [6, 6.07) is 15.4. The predicted octanol–water partition coefficient (Wildman–Crippen LogP) is 5.17. The summed E-state index contributed by atoms with van der Waals surface area (Å²) in [6.07, 6.45) is 12.1. The van der Waals surface area contributed by atoms with Gasteiger partial charge in [0.25, 0.3) is 0 Å². The molecule has 2 aliphatic carbocycles. The Bertz CT molecular complexity index is 1120. The summed E-state index contributed by atoms with van der Waals surface area (Å²) in [4.78, 5) is 0. The third-order valence-electron chi connectivity index (χ3n) is 7.39. The van der Waals surface area contributed by atoms with Gasteiger partial charge in [0, 0.05) is 17.0 Å². The van der Waals surface area contributed by atoms with Crippen LogP contribution in [0.1, 0.15) is 70.8 Å². The highest BCUT2D eigenvalue weighted by molar-refractivity contribution is 5.60. The zero-order chi connectivity index (χ0) is 20.6. The first-order chi connectivity index (χ1) is 14.7. The Kier molecular flexibility index (Phi) is 5.45. The highest BCUT2D eigenvalue weighted by Gasteiger charge is 2.52. The molecule has 1 aliphatic heterocycles. The minimum Gasteiger partial charge on any atom is -0.491 e. The number of fused-ring (bicyclic) bond motifs is 3. The summed E-state index contributed by atoms with van der Waals surface area (Å²) in [6.45, 7) is 5.37. The van der Waals surface area contributed by atoms with Gasteiger partial charge in [0.05, 0.1) is 6.10 Å². The van der Waals surface area contributed by atoms with Crippen LogP contribution in [0.2, 0.25) is 0 Å². The second kappa shape index (κ2) is 8.23. The van der Waals surface area contributed by atoms with E-state index in [2.05, 4.69) is 62.4 Å². The topological polar surface area (TPSA) is 18.5 Å². The molecule has 0 N–H and O–H groups in total. The summed E-state index contributed by atoms with van der Waals surface area (Å²) in [5, 5.41) is 5.22. The molecule has 158 valence electrons. The first-order valence-corrected chi connectivity index (χ1v) is 12.0. The standard InChI is InChI=1S/C28H34O2/c1-3-4-5-10-20(2)30-27(28-17-9-13-23(28)16-18-29-28)25-15-8-12-22-19-21-11-6-7-14-24(21)26(22)25/h6-8,11-12,14-15,19-20,23H,3-5,9-10,13,16-18H2,1-2H3/t20?,23?,28-/m1/s1. The minimum absolute atomic E-state index is 0.211. The summed E-state index contributed by atoms with van der Waals surface area (Å²) in [5.74, 6) is 1.71. The number of unbranched alkanes of at least 4 members (excludes halogenated alkanes) is 2. The Morgan fingerprint density at radius 3 is 2.93 bits per heavy atom. The van der Waals surface area contributed by atoms with Crippen molar-refractivity contribution in [2.45, 2.75) is 76.9 Å². The lowest BCUT2D eigenvalue weighted by atomic mass is 9.87. The molecule has 0 aromatic heterocycles. The number of ether oxygens (including phenoxy) is 2. The van der Waals surface area contributed by atoms with Crippen molar-refractivity contribution in [3.63, 3.8) is 0 Å². The zero-order valence-electron chi connectivity index (χ0n) is 18.5. The van der Waals surface area contributed by atoms with Crippen LogP contribution in [-0.2, 0) is 9.47 Å². The molecule has 0 radical (unpaired) electrons. The van der Waals surface area contributed by atoms with E-state index in [1.165, 1.54) is 58.5 Å². The molecule has 2 heteroatoms. The van der Waals surface area contributed by atoms with E-state index in [1.54, 1.807) is 0 Å². The second-order valence-electron chi connectivity index (χ2n) is 9.37. The lowest BCUT2D eigenvalue weighted by molar-refractivity contribution is -0.00192. The maximum atomic E-state index is 6.89. The highest BCUT2D eigenvalue weighted by Crippen LogP contribution is 2.50. The fourth-order valence-electron chi connectivity index (χ4n) is 5.90. The molecule has 2 unspecified atom stereocenters. The van der Waals surface area contributed by atoms with E-state index < -0.39 is 0 Å². The highest BCUT2D eigenvalue weighted by atomic mass is 16.6. The lowest BCUT2D eigenvalue weighted by Crippen LogP contribution is -2.39. The quantitative estimate of drug-likeness (QED) is 0.508. The SMILES string of the molecule is CCCCCC(C)OC(=c1cccc2c1=c1ccccc1=C2)[C@@]12CCCC1CCO2. The maximum Gasteiger partial charge on any atom is 0.136 e. The summed E-state index contributed by atoms with van der Waals surface area (Å²) in [7, 11) is 0. The smallest absolute Gasteiger partial charge is 0.136 e. The third kappa shape index (κ3) is 3.30. The summed E-state index contributed by atoms with van der Waals surface area (Å²) >= 11 is 0. The number of hydrogen-bond acceptors (Lipinski definition) is 2. The number of hydrogen-bond donors (Lipinski definition) is 0. The van der Waals surface area contributed by atoms with Crippen LogP contribution >= 0.6 is 0 Å². The van der Waals surface area contributed by atoms with Crippen LogP contribution in [0.15, 0.2) is 42.5 Å². The molecule has 2 fully saturated rings. The molecule has 0 bridgehead atoms. The molecule has 1 heterocycles. The van der Waals surface area contributed by atoms with Crippen LogP contribution in [0, 0.1) is 16.4 Å². The monoisotopic (exact) mass is 402 g/mol. The van der Waals surface area contributed by atoms with E-state index in [1.807, 2.05) is 0 Å². The van der Waals surface area contributed by atoms with Gasteiger partial charge in [-0.2, -0.15) is 0 Å². The van der Waals surface area contributed by atoms with E-state index in [0.29, 0.717) is 5.92 Å². The van der Waals surface area contributed by atoms with Crippen molar-refractivity contribution < 1.29 is 9.47 Å². The number of benzene rings is 2. The van der Waals surface area contributed by atoms with Crippen molar-refractivity contribution in [2.75, 3.05) is 6.61 Å². The van der Waals surface area contributed by atoms with E-state index in [0.717, 1.165) is 31.6 Å². The Labute approximate surface area is 179 Å². The molecule has 0 amide bonds. The van der Waals surface area contributed by atoms with Gasteiger partial charge >= 0.3 is 0 Å². The van der Waals surface area contributed by atoms with E-state index in [-0.39, 0.29) is 11.7 Å². The average Bonchev–Trinajstić information content (AvgIpc) is 3.44. The molecule has 2 nitrogen and oxygen atoms in total. The normalized spacial score (nSPS) is 25.9. The molecule has 2 aromatic carbocycles. The van der Waals surface area contributed by atoms with Crippen molar-refractivity contribution in [1.82, 2.24) is 0 Å². The van der Waals surface area contributed by atoms with Crippen LogP contribution in [0.3, 0.4) is 0 Å². The van der Waals surface area contributed by atoms with Gasteiger partial charge in [-0.15, -0.1) is 0 Å². The van der Waals surface area contributed by atoms with Gasteiger partial charge in [-0.3, -0.25) is 0 Å². The van der Waals surface area contributed by atoms with Crippen molar-refractivity contribution >= 4 is 11.8 Å². The molecule has 0 spiro atoms. The van der Waals surface area contributed by atoms with E-state index >= 15 is 0 Å². The molecule has 30 heavy (non-hydrogen) atoms. The van der Waals surface area contributed by atoms with Crippen molar-refractivity contribution in [1.29, 1.82) is 0 Å². The molecule has 2 aromatic rings. The van der Waals surface area contributed by atoms with Gasteiger partial charge in [0.1, 0.15) is 11.4 Å². The Hall–Kier alpha value is -2.06. The molecular formula is C28H34O2. The fraction of sp³-hybridized carbons (Fsp3) is 0.500. The Balaban J connectivity index is 1.73. The summed E-state index contributed by atoms with van der Waals surface area (Å²) in [5.41, 5.74) is 1.07. The third-order valence-corrected chi connectivity index (χ3v) is 7.39. The first-order valence-electron chi connectivity index (χ1n) is 12.0.